The predicted octanol–water partition coefficient (Wildman–Crippen LogP) is 17.8. The van der Waals surface area contributed by atoms with Crippen molar-refractivity contribution in [3.05, 3.63) is 200 Å². The van der Waals surface area contributed by atoms with Crippen LogP contribution in [0.25, 0.3) is 144 Å². The Labute approximate surface area is 595 Å². The molecule has 104 heavy (non-hydrogen) atoms. The van der Waals surface area contributed by atoms with E-state index in [1.807, 2.05) is 139 Å². The Morgan fingerprint density at radius 3 is 0.981 bits per heavy atom. The van der Waals surface area contributed by atoms with Gasteiger partial charge < -0.3 is 59.1 Å². The number of hydrogen-bond acceptors (Lipinski definition) is 21. The van der Waals surface area contributed by atoms with Crippen molar-refractivity contribution in [2.75, 3.05) is 39.6 Å². The quantitative estimate of drug-likeness (QED) is 0.0344. The highest BCUT2D eigenvalue weighted by Crippen LogP contribution is 2.46. The lowest BCUT2D eigenvalue weighted by Gasteiger charge is -2.15. The Balaban J connectivity index is 0.000000132. The first-order valence-electron chi connectivity index (χ1n) is 34.0. The van der Waals surface area contributed by atoms with Gasteiger partial charge >= 0.3 is 18.0 Å². The van der Waals surface area contributed by atoms with Crippen LogP contribution in [-0.4, -0.2) is 115 Å². The fourth-order valence-corrected chi connectivity index (χ4v) is 13.0. The number of phenolic OH excluding ortho intramolecular Hbond substituents is 6. The van der Waals surface area contributed by atoms with Crippen LogP contribution < -0.4 is 28.4 Å². The molecule has 13 aromatic carbocycles. The van der Waals surface area contributed by atoms with Crippen molar-refractivity contribution < 1.29 is 59.1 Å². The summed E-state index contributed by atoms with van der Waals surface area (Å²) in [4.78, 5) is 40.8. The van der Waals surface area contributed by atoms with Gasteiger partial charge in [-0.05, 0) is 135 Å². The Kier molecular flexibility index (Phi) is 19.2. The van der Waals surface area contributed by atoms with E-state index in [1.54, 1.807) is 0 Å². The van der Waals surface area contributed by atoms with Crippen molar-refractivity contribution in [1.82, 2.24) is 44.9 Å². The van der Waals surface area contributed by atoms with Crippen LogP contribution in [0, 0.1) is 0 Å². The minimum atomic E-state index is -0.203. The van der Waals surface area contributed by atoms with Crippen LogP contribution in [0.15, 0.2) is 200 Å². The number of rotatable bonds is 18. The minimum Gasteiger partial charge on any atom is -0.507 e. The number of hydrogen-bond donors (Lipinski definition) is 6. The number of aromatic nitrogens is 9. The average molecular weight is 1380 g/mol. The molecule has 0 bridgehead atoms. The molecule has 0 saturated carbocycles. The molecule has 3 heterocycles. The molecule has 0 fully saturated rings. The van der Waals surface area contributed by atoms with Crippen LogP contribution in [0.1, 0.15) is 41.5 Å². The van der Waals surface area contributed by atoms with Crippen molar-refractivity contribution in [2.45, 2.75) is 41.5 Å². The van der Waals surface area contributed by atoms with E-state index < -0.39 is 0 Å². The van der Waals surface area contributed by atoms with Gasteiger partial charge in [-0.2, -0.15) is 29.9 Å². The molecular formula is C83H69N9O12. The summed E-state index contributed by atoms with van der Waals surface area (Å²) in [6.45, 7) is 13.2. The summed E-state index contributed by atoms with van der Waals surface area (Å²) in [5.41, 5.74) is 2.67. The molecule has 0 unspecified atom stereocenters. The van der Waals surface area contributed by atoms with Gasteiger partial charge in [-0.25, -0.2) is 15.0 Å². The molecule has 0 spiro atoms. The zero-order valence-corrected chi connectivity index (χ0v) is 57.5. The third-order valence-electron chi connectivity index (χ3n) is 17.3. The third-order valence-corrected chi connectivity index (χ3v) is 17.3. The van der Waals surface area contributed by atoms with E-state index in [2.05, 4.69) is 107 Å². The maximum Gasteiger partial charge on any atom is 0.320 e. The van der Waals surface area contributed by atoms with Crippen molar-refractivity contribution in [1.29, 1.82) is 0 Å². The lowest BCUT2D eigenvalue weighted by Crippen LogP contribution is -2.04. The zero-order valence-electron chi connectivity index (χ0n) is 57.5. The summed E-state index contributed by atoms with van der Waals surface area (Å²) in [7, 11) is 0. The molecule has 16 rings (SSSR count). The number of ether oxygens (including phenoxy) is 6. The van der Waals surface area contributed by atoms with E-state index in [0.29, 0.717) is 74.4 Å². The van der Waals surface area contributed by atoms with Gasteiger partial charge in [0.15, 0.2) is 34.9 Å². The Morgan fingerprint density at radius 2 is 0.548 bits per heavy atom. The van der Waals surface area contributed by atoms with E-state index in [-0.39, 0.29) is 86.7 Å². The molecule has 21 heteroatoms. The smallest absolute Gasteiger partial charge is 0.320 e. The van der Waals surface area contributed by atoms with Crippen LogP contribution in [0.5, 0.6) is 69.8 Å². The van der Waals surface area contributed by atoms with Crippen LogP contribution in [-0.2, 0) is 0 Å². The SMILES string of the molecule is CCOc1cc(O)c(-c2nc(OCC)nc(-c3c4ccccc4cc4ccccc34)n2)c(O)c1.CCOc1cc(O)c(-c2nc(OCC)nc(-c3cc4ccccc4c4ccccc34)n2)c(O)c1.CCOc1cc(O)c(-c2nc(OCC)nc(-c3ccc4ccc5cccc6ccc3c4c56)n2)c(O)c1. The molecule has 0 amide bonds. The molecule has 0 aliphatic carbocycles. The van der Waals surface area contributed by atoms with Gasteiger partial charge in [0.25, 0.3) is 0 Å². The fraction of sp³-hybridized carbons (Fsp3) is 0.145. The number of benzene rings is 13. The molecule has 0 aliphatic heterocycles. The van der Waals surface area contributed by atoms with Crippen LogP contribution in [0.3, 0.4) is 0 Å². The zero-order chi connectivity index (χ0) is 72.1. The van der Waals surface area contributed by atoms with E-state index in [4.69, 9.17) is 33.4 Å². The van der Waals surface area contributed by atoms with Crippen molar-refractivity contribution in [3.8, 4) is 138 Å². The van der Waals surface area contributed by atoms with E-state index in [9.17, 15) is 30.6 Å². The van der Waals surface area contributed by atoms with Crippen molar-refractivity contribution in [2.24, 2.45) is 0 Å². The molecule has 0 radical (unpaired) electrons. The maximum absolute atomic E-state index is 10.7. The molecule has 6 N–H and O–H groups in total. The highest BCUT2D eigenvalue weighted by atomic mass is 16.5. The van der Waals surface area contributed by atoms with Gasteiger partial charge in [0, 0.05) is 53.1 Å². The van der Waals surface area contributed by atoms with Crippen LogP contribution in [0.2, 0.25) is 0 Å². The Hall–Kier alpha value is -13.4. The van der Waals surface area contributed by atoms with Gasteiger partial charge in [-0.1, -0.05) is 146 Å². The summed E-state index contributed by atoms with van der Waals surface area (Å²) < 4.78 is 33.2. The summed E-state index contributed by atoms with van der Waals surface area (Å²) in [6, 6.07) is 64.0. The highest BCUT2D eigenvalue weighted by Gasteiger charge is 2.26. The van der Waals surface area contributed by atoms with Gasteiger partial charge in [-0.15, -0.1) is 0 Å². The topological polar surface area (TPSA) is 293 Å². The molecule has 3 aromatic heterocycles. The van der Waals surface area contributed by atoms with Gasteiger partial charge in [0.2, 0.25) is 0 Å². The molecule has 0 atom stereocenters. The summed E-state index contributed by atoms with van der Waals surface area (Å²) in [5.74, 6) is 1.28. The van der Waals surface area contributed by atoms with Crippen molar-refractivity contribution >= 4 is 75.4 Å². The van der Waals surface area contributed by atoms with E-state index >= 15 is 0 Å². The second kappa shape index (κ2) is 29.4. The number of phenols is 6. The average Bonchev–Trinajstić information content (AvgIpc) is 0.751. The van der Waals surface area contributed by atoms with E-state index in [0.717, 1.165) is 75.9 Å². The summed E-state index contributed by atoms with van der Waals surface area (Å²) in [5, 5.41) is 79.2. The molecular weight excluding hydrogens is 1310 g/mol. The number of fused-ring (bicyclic) bond motifs is 5. The predicted molar refractivity (Wildman–Crippen MR) is 403 cm³/mol. The minimum absolute atomic E-state index is 0.0811. The first-order chi connectivity index (χ1) is 50.7. The number of nitrogens with zero attached hydrogens (tertiary/aromatic N) is 9. The maximum atomic E-state index is 10.7. The van der Waals surface area contributed by atoms with Gasteiger partial charge in [0.1, 0.15) is 68.4 Å². The monoisotopic (exact) mass is 1380 g/mol. The Morgan fingerprint density at radius 1 is 0.231 bits per heavy atom. The lowest BCUT2D eigenvalue weighted by molar-refractivity contribution is 0.312. The largest absolute Gasteiger partial charge is 0.507 e. The summed E-state index contributed by atoms with van der Waals surface area (Å²) >= 11 is 0. The summed E-state index contributed by atoms with van der Waals surface area (Å²) in [6.07, 6.45) is 0. The molecule has 21 nitrogen and oxygen atoms in total. The standard InChI is InChI=1S/C29H23N3O4.2C27H23N3O4/c1-3-35-19-14-22(33)26(23(34)15-19)28-30-27(31-29(32-28)36-4-2)21-13-11-18-9-8-16-6-5-7-17-10-12-20(21)25(18)24(16)17;1-3-33-18-14-21(31)24(22(32)15-18)26-28-25(29-27(30-26)34-4-2)23-19-11-7-5-9-16(19)13-17-10-6-8-12-20(17)23;1-3-33-17-14-22(31)24(23(32)15-17)26-28-25(29-27(30-26)34-4-2)21-13-16-9-5-6-10-18(16)19-11-7-8-12-20(19)21/h5-15,33-34H,3-4H2,1-2H3;2*5-15,31-32H,3-4H2,1-2H3. The van der Waals surface area contributed by atoms with Gasteiger partial charge in [-0.3, -0.25) is 0 Å². The van der Waals surface area contributed by atoms with Crippen LogP contribution >= 0.6 is 0 Å². The van der Waals surface area contributed by atoms with E-state index in [1.165, 1.54) is 52.6 Å². The first-order valence-corrected chi connectivity index (χ1v) is 34.0. The second-order valence-corrected chi connectivity index (χ2v) is 23.8. The molecule has 0 aliphatic rings. The second-order valence-electron chi connectivity index (χ2n) is 23.8. The van der Waals surface area contributed by atoms with Crippen LogP contribution in [0.4, 0.5) is 0 Å². The van der Waals surface area contributed by atoms with Gasteiger partial charge in [0.05, 0.1) is 39.6 Å². The number of aromatic hydroxyl groups is 6. The normalized spacial score (nSPS) is 11.2. The molecule has 0 saturated heterocycles. The molecule has 518 valence electrons. The molecule has 16 aromatic rings. The van der Waals surface area contributed by atoms with Crippen molar-refractivity contribution in [3.63, 3.8) is 0 Å². The lowest BCUT2D eigenvalue weighted by atomic mass is 9.92. The fourth-order valence-electron chi connectivity index (χ4n) is 13.0. The highest BCUT2D eigenvalue weighted by molar-refractivity contribution is 6.25. The first kappa shape index (κ1) is 67.7. The third kappa shape index (κ3) is 13.3. The Bertz CT molecular complexity index is 5770.